The van der Waals surface area contributed by atoms with Crippen molar-refractivity contribution in [2.75, 3.05) is 26.5 Å². The van der Waals surface area contributed by atoms with E-state index in [2.05, 4.69) is 15.0 Å². The number of benzene rings is 2. The molecule has 9 nitrogen and oxygen atoms in total. The van der Waals surface area contributed by atoms with Crippen molar-refractivity contribution in [2.24, 2.45) is 0 Å². The molecule has 0 spiro atoms. The molecule has 0 radical (unpaired) electrons. The van der Waals surface area contributed by atoms with Gasteiger partial charge in [0.2, 0.25) is 15.9 Å². The van der Waals surface area contributed by atoms with Gasteiger partial charge >= 0.3 is 0 Å². The standard InChI is InChI=1S/C23H23FN4O5S/c1-31-20-12-18-16(11-21(20)32-14-6-9-28(10-7-14)34(2,29)30)23(27-13-26-18)33-19-4-3-17-15(22(19)24)5-8-25-17/h3-5,8,11-14,25H,6-7,9-10H2,1-2H3. The predicted molar refractivity (Wildman–Crippen MR) is 124 cm³/mol. The number of hydrogen-bond donors (Lipinski definition) is 1. The van der Waals surface area contributed by atoms with E-state index in [9.17, 15) is 12.8 Å². The highest BCUT2D eigenvalue weighted by Crippen LogP contribution is 2.38. The molecule has 2 aromatic heterocycles. The molecule has 5 rings (SSSR count). The number of H-pyrrole nitrogens is 1. The summed E-state index contributed by atoms with van der Waals surface area (Å²) in [5.74, 6) is 0.654. The van der Waals surface area contributed by atoms with Crippen LogP contribution in [0.5, 0.6) is 23.1 Å². The molecule has 178 valence electrons. The van der Waals surface area contributed by atoms with E-state index in [0.29, 0.717) is 59.2 Å². The molecule has 0 aliphatic carbocycles. The summed E-state index contributed by atoms with van der Waals surface area (Å²) in [7, 11) is -1.70. The second kappa shape index (κ2) is 8.73. The van der Waals surface area contributed by atoms with E-state index in [-0.39, 0.29) is 17.7 Å². The third-order valence-electron chi connectivity index (χ3n) is 5.89. The number of halogens is 1. The SMILES string of the molecule is COc1cc2ncnc(Oc3ccc4[nH]ccc4c3F)c2cc1OC1CCN(S(C)(=O)=O)CC1. The number of hydrogen-bond acceptors (Lipinski definition) is 7. The Morgan fingerprint density at radius 1 is 1.06 bits per heavy atom. The Morgan fingerprint density at radius 2 is 1.85 bits per heavy atom. The summed E-state index contributed by atoms with van der Waals surface area (Å²) in [4.78, 5) is 11.5. The van der Waals surface area contributed by atoms with Crippen LogP contribution in [0.25, 0.3) is 21.8 Å². The van der Waals surface area contributed by atoms with Crippen molar-refractivity contribution in [3.63, 3.8) is 0 Å². The van der Waals surface area contributed by atoms with Gasteiger partial charge in [0.1, 0.15) is 12.4 Å². The van der Waals surface area contributed by atoms with Crippen LogP contribution in [0.4, 0.5) is 4.39 Å². The number of sulfonamides is 1. The highest BCUT2D eigenvalue weighted by Gasteiger charge is 2.27. The molecule has 1 aliphatic heterocycles. The van der Waals surface area contributed by atoms with Crippen LogP contribution in [0.3, 0.4) is 0 Å². The zero-order chi connectivity index (χ0) is 23.9. The van der Waals surface area contributed by atoms with Crippen LogP contribution < -0.4 is 14.2 Å². The molecule has 11 heteroatoms. The number of piperidine rings is 1. The van der Waals surface area contributed by atoms with Gasteiger partial charge in [-0.2, -0.15) is 0 Å². The fraction of sp³-hybridized carbons (Fsp3) is 0.304. The van der Waals surface area contributed by atoms with E-state index in [1.165, 1.54) is 24.0 Å². The van der Waals surface area contributed by atoms with Gasteiger partial charge in [-0.05, 0) is 37.1 Å². The minimum atomic E-state index is -3.23. The number of aromatic nitrogens is 3. The monoisotopic (exact) mass is 486 g/mol. The molecule has 1 fully saturated rings. The van der Waals surface area contributed by atoms with Crippen molar-refractivity contribution >= 4 is 31.8 Å². The van der Waals surface area contributed by atoms with Crippen LogP contribution in [0, 0.1) is 5.82 Å². The van der Waals surface area contributed by atoms with E-state index in [1.54, 1.807) is 36.5 Å². The molecule has 1 aliphatic rings. The van der Waals surface area contributed by atoms with Gasteiger partial charge in [-0.25, -0.2) is 27.1 Å². The first-order valence-corrected chi connectivity index (χ1v) is 12.6. The van der Waals surface area contributed by atoms with Gasteiger partial charge in [-0.1, -0.05) is 0 Å². The Hall–Kier alpha value is -3.44. The van der Waals surface area contributed by atoms with Crippen LogP contribution in [0.2, 0.25) is 0 Å². The lowest BCUT2D eigenvalue weighted by atomic mass is 10.1. The van der Waals surface area contributed by atoms with Gasteiger partial charge in [0.25, 0.3) is 0 Å². The zero-order valence-electron chi connectivity index (χ0n) is 18.6. The van der Waals surface area contributed by atoms with Crippen molar-refractivity contribution in [2.45, 2.75) is 18.9 Å². The minimum absolute atomic E-state index is 0.0403. The Balaban J connectivity index is 1.45. The van der Waals surface area contributed by atoms with Crippen LogP contribution >= 0.6 is 0 Å². The quantitative estimate of drug-likeness (QED) is 0.441. The number of ether oxygens (including phenoxy) is 3. The number of methoxy groups -OCH3 is 1. The minimum Gasteiger partial charge on any atom is -0.493 e. The third-order valence-corrected chi connectivity index (χ3v) is 7.19. The van der Waals surface area contributed by atoms with Gasteiger partial charge in [-0.15, -0.1) is 0 Å². The zero-order valence-corrected chi connectivity index (χ0v) is 19.4. The first kappa shape index (κ1) is 22.4. The molecule has 2 aromatic carbocycles. The first-order chi connectivity index (χ1) is 16.3. The molecule has 0 unspecified atom stereocenters. The Bertz CT molecular complexity index is 1470. The molecule has 0 bridgehead atoms. The molecule has 0 amide bonds. The van der Waals surface area contributed by atoms with Gasteiger partial charge in [0, 0.05) is 36.3 Å². The van der Waals surface area contributed by atoms with Gasteiger partial charge in [-0.3, -0.25) is 0 Å². The molecule has 0 saturated carbocycles. The highest BCUT2D eigenvalue weighted by molar-refractivity contribution is 7.88. The molecule has 4 aromatic rings. The number of nitrogens with one attached hydrogen (secondary N) is 1. The second-order valence-corrected chi connectivity index (χ2v) is 10.1. The van der Waals surface area contributed by atoms with Crippen molar-refractivity contribution < 1.29 is 27.0 Å². The summed E-state index contributed by atoms with van der Waals surface area (Å²) >= 11 is 0. The lowest BCUT2D eigenvalue weighted by molar-refractivity contribution is 0.131. The smallest absolute Gasteiger partial charge is 0.230 e. The summed E-state index contributed by atoms with van der Waals surface area (Å²) in [6.07, 6.45) is 5.11. The molecule has 1 N–H and O–H groups in total. The van der Waals surface area contributed by atoms with Crippen molar-refractivity contribution in [1.29, 1.82) is 0 Å². The van der Waals surface area contributed by atoms with Gasteiger partial charge in [0.15, 0.2) is 23.1 Å². The lowest BCUT2D eigenvalue weighted by Crippen LogP contribution is -2.41. The summed E-state index contributed by atoms with van der Waals surface area (Å²) < 4.78 is 57.5. The lowest BCUT2D eigenvalue weighted by Gasteiger charge is -2.30. The number of fused-ring (bicyclic) bond motifs is 2. The summed E-state index contributed by atoms with van der Waals surface area (Å²) in [5, 5.41) is 0.947. The maximum absolute atomic E-state index is 14.9. The first-order valence-electron chi connectivity index (χ1n) is 10.7. The Labute approximate surface area is 195 Å². The summed E-state index contributed by atoms with van der Waals surface area (Å²) in [6.45, 7) is 0.773. The molecular weight excluding hydrogens is 463 g/mol. The fourth-order valence-corrected chi connectivity index (χ4v) is 4.97. The second-order valence-electron chi connectivity index (χ2n) is 8.10. The fourth-order valence-electron chi connectivity index (χ4n) is 4.09. The van der Waals surface area contributed by atoms with E-state index >= 15 is 0 Å². The van der Waals surface area contributed by atoms with Crippen LogP contribution in [-0.2, 0) is 10.0 Å². The number of aromatic amines is 1. The average Bonchev–Trinajstić information content (AvgIpc) is 3.30. The van der Waals surface area contributed by atoms with Gasteiger partial charge < -0.3 is 19.2 Å². The normalized spacial score (nSPS) is 15.6. The van der Waals surface area contributed by atoms with Crippen molar-refractivity contribution in [3.8, 4) is 23.1 Å². The number of nitrogens with zero attached hydrogens (tertiary/aromatic N) is 3. The molecular formula is C23H23FN4O5S. The molecule has 0 atom stereocenters. The van der Waals surface area contributed by atoms with Crippen molar-refractivity contribution in [3.05, 3.63) is 48.7 Å². The largest absolute Gasteiger partial charge is 0.493 e. The number of rotatable bonds is 6. The predicted octanol–water partition coefficient (Wildman–Crippen LogP) is 3.85. The Kier molecular flexibility index (Phi) is 5.74. The van der Waals surface area contributed by atoms with Crippen LogP contribution in [0.15, 0.2) is 42.9 Å². The molecule has 1 saturated heterocycles. The summed E-state index contributed by atoms with van der Waals surface area (Å²) in [5.41, 5.74) is 1.21. The molecule has 3 heterocycles. The van der Waals surface area contributed by atoms with E-state index in [4.69, 9.17) is 14.2 Å². The molecule has 34 heavy (non-hydrogen) atoms. The Morgan fingerprint density at radius 3 is 2.59 bits per heavy atom. The third kappa shape index (κ3) is 4.24. The summed E-state index contributed by atoms with van der Waals surface area (Å²) in [6, 6.07) is 8.33. The van der Waals surface area contributed by atoms with Crippen LogP contribution in [0.1, 0.15) is 12.8 Å². The van der Waals surface area contributed by atoms with Gasteiger partial charge in [0.05, 0.1) is 24.3 Å². The maximum Gasteiger partial charge on any atom is 0.230 e. The van der Waals surface area contributed by atoms with E-state index < -0.39 is 15.8 Å². The van der Waals surface area contributed by atoms with Crippen molar-refractivity contribution in [1.82, 2.24) is 19.3 Å². The van der Waals surface area contributed by atoms with E-state index in [0.717, 1.165) is 0 Å². The van der Waals surface area contributed by atoms with E-state index in [1.807, 2.05) is 0 Å². The topological polar surface area (TPSA) is 107 Å². The highest BCUT2D eigenvalue weighted by atomic mass is 32.2. The average molecular weight is 487 g/mol. The maximum atomic E-state index is 14.9. The van der Waals surface area contributed by atoms with Crippen LogP contribution in [-0.4, -0.2) is 60.2 Å².